The normalized spacial score (nSPS) is 12.9. The predicted molar refractivity (Wildman–Crippen MR) is 104 cm³/mol. The van der Waals surface area contributed by atoms with Crippen LogP contribution in [0.25, 0.3) is 10.2 Å². The van der Waals surface area contributed by atoms with Crippen LogP contribution < -0.4 is 10.0 Å². The third kappa shape index (κ3) is 4.34. The van der Waals surface area contributed by atoms with E-state index >= 15 is 0 Å². The Morgan fingerprint density at radius 3 is 2.46 bits per heavy atom. The molecule has 0 fully saturated rings. The van der Waals surface area contributed by atoms with E-state index in [1.54, 1.807) is 6.92 Å². The molecule has 2 N–H and O–H groups in total. The van der Waals surface area contributed by atoms with Gasteiger partial charge in [0.25, 0.3) is 5.91 Å². The smallest absolute Gasteiger partial charge is 0.257 e. The number of amides is 1. The second-order valence-corrected chi connectivity index (χ2v) is 8.91. The van der Waals surface area contributed by atoms with Crippen LogP contribution in [0, 0.1) is 11.6 Å². The van der Waals surface area contributed by atoms with Crippen molar-refractivity contribution in [1.29, 1.82) is 0 Å². The van der Waals surface area contributed by atoms with Crippen LogP contribution in [0.15, 0.2) is 41.3 Å². The number of aromatic nitrogens is 1. The molecule has 0 bridgehead atoms. The van der Waals surface area contributed by atoms with Crippen molar-refractivity contribution >= 4 is 42.6 Å². The lowest BCUT2D eigenvalue weighted by Gasteiger charge is -2.12. The van der Waals surface area contributed by atoms with Gasteiger partial charge in [0.15, 0.2) is 16.8 Å². The van der Waals surface area contributed by atoms with E-state index in [2.05, 4.69) is 15.0 Å². The van der Waals surface area contributed by atoms with Gasteiger partial charge in [0.2, 0.25) is 10.0 Å². The van der Waals surface area contributed by atoms with Crippen LogP contribution in [0.3, 0.4) is 0 Å². The number of rotatable bonds is 6. The molecule has 1 aromatic heterocycles. The van der Waals surface area contributed by atoms with Crippen molar-refractivity contribution in [3.63, 3.8) is 0 Å². The summed E-state index contributed by atoms with van der Waals surface area (Å²) in [5.74, 6) is -2.52. The maximum absolute atomic E-state index is 13.3. The summed E-state index contributed by atoms with van der Waals surface area (Å²) >= 11 is 1.00. The number of nitrogens with zero attached hydrogens (tertiary/aromatic N) is 1. The zero-order chi connectivity index (χ0) is 20.5. The van der Waals surface area contributed by atoms with E-state index in [4.69, 9.17) is 0 Å². The fraction of sp³-hybridized carbons (Fsp3) is 0.222. The van der Waals surface area contributed by atoms with Gasteiger partial charge >= 0.3 is 0 Å². The second-order valence-electron chi connectivity index (χ2n) is 6.16. The number of hydrogen-bond donors (Lipinski definition) is 2. The van der Waals surface area contributed by atoms with Gasteiger partial charge in [-0.25, -0.2) is 26.9 Å². The van der Waals surface area contributed by atoms with Crippen molar-refractivity contribution in [2.24, 2.45) is 0 Å². The molecule has 0 saturated heterocycles. The molecular formula is C18H17F2N3O3S2. The predicted octanol–water partition coefficient (Wildman–Crippen LogP) is 3.90. The average Bonchev–Trinajstić information content (AvgIpc) is 3.02. The van der Waals surface area contributed by atoms with E-state index in [-0.39, 0.29) is 27.1 Å². The van der Waals surface area contributed by atoms with Crippen molar-refractivity contribution in [3.05, 3.63) is 53.6 Å². The van der Waals surface area contributed by atoms with E-state index in [0.717, 1.165) is 23.5 Å². The molecule has 6 nitrogen and oxygen atoms in total. The molecule has 1 unspecified atom stereocenters. The third-order valence-corrected chi connectivity index (χ3v) is 6.59. The molecule has 1 heterocycles. The number of nitrogens with one attached hydrogen (secondary N) is 2. The summed E-state index contributed by atoms with van der Waals surface area (Å²) in [7, 11) is -3.66. The molecule has 3 rings (SSSR count). The van der Waals surface area contributed by atoms with E-state index in [9.17, 15) is 22.0 Å². The number of anilines is 1. The topological polar surface area (TPSA) is 88.2 Å². The molecule has 0 aliphatic carbocycles. The number of sulfonamides is 1. The first-order valence-corrected chi connectivity index (χ1v) is 10.7. The van der Waals surface area contributed by atoms with Crippen molar-refractivity contribution in [1.82, 2.24) is 9.71 Å². The average molecular weight is 425 g/mol. The largest absolute Gasteiger partial charge is 0.298 e. The Hall–Kier alpha value is -2.43. The minimum absolute atomic E-state index is 0.0512. The maximum atomic E-state index is 13.3. The van der Waals surface area contributed by atoms with Crippen LogP contribution in [0.4, 0.5) is 13.9 Å². The number of benzene rings is 2. The van der Waals surface area contributed by atoms with Crippen LogP contribution in [0.5, 0.6) is 0 Å². The van der Waals surface area contributed by atoms with E-state index < -0.39 is 27.6 Å². The molecule has 1 atom stereocenters. The first-order chi connectivity index (χ1) is 13.2. The summed E-state index contributed by atoms with van der Waals surface area (Å²) in [6.45, 7) is 3.63. The summed E-state index contributed by atoms with van der Waals surface area (Å²) in [5.41, 5.74) is 0.455. The molecule has 0 aliphatic heterocycles. The summed E-state index contributed by atoms with van der Waals surface area (Å²) < 4.78 is 54.0. The molecule has 0 aliphatic rings. The highest BCUT2D eigenvalue weighted by atomic mass is 32.2. The van der Waals surface area contributed by atoms with E-state index in [1.165, 1.54) is 24.3 Å². The summed E-state index contributed by atoms with van der Waals surface area (Å²) in [4.78, 5) is 16.5. The van der Waals surface area contributed by atoms with Gasteiger partial charge in [-0.1, -0.05) is 18.3 Å². The van der Waals surface area contributed by atoms with Crippen LogP contribution in [-0.2, 0) is 10.0 Å². The number of carbonyl (C=O) groups excluding carboxylic acids is 1. The van der Waals surface area contributed by atoms with Gasteiger partial charge in [0.05, 0.1) is 15.1 Å². The molecule has 3 aromatic rings. The molecule has 148 valence electrons. The lowest BCUT2D eigenvalue weighted by atomic mass is 10.2. The number of halogens is 2. The van der Waals surface area contributed by atoms with Crippen LogP contribution in [0.2, 0.25) is 0 Å². The van der Waals surface area contributed by atoms with E-state index in [0.29, 0.717) is 11.1 Å². The van der Waals surface area contributed by atoms with Gasteiger partial charge in [0.1, 0.15) is 0 Å². The Kier molecular flexibility index (Phi) is 5.73. The Bertz CT molecular complexity index is 1090. The highest BCUT2D eigenvalue weighted by Crippen LogP contribution is 2.28. The molecule has 1 amide bonds. The van der Waals surface area contributed by atoms with Gasteiger partial charge in [-0.3, -0.25) is 10.1 Å². The van der Waals surface area contributed by atoms with Crippen molar-refractivity contribution in [3.8, 4) is 0 Å². The zero-order valence-corrected chi connectivity index (χ0v) is 16.6. The Morgan fingerprint density at radius 2 is 1.82 bits per heavy atom. The number of thiazole rings is 1. The standard InChI is InChI=1S/C18H17F2N3O3S2/c1-3-10(2)23-28(25,26)12-6-4-11(5-7-12)17(24)22-18-21-15-8-13(19)14(20)9-16(15)27-18/h4-10,23H,3H2,1-2H3,(H,21,22,24). The Morgan fingerprint density at radius 1 is 1.18 bits per heavy atom. The van der Waals surface area contributed by atoms with Gasteiger partial charge in [-0.2, -0.15) is 0 Å². The molecule has 10 heteroatoms. The summed E-state index contributed by atoms with van der Waals surface area (Å²) in [6.07, 6.45) is 0.648. The first-order valence-electron chi connectivity index (χ1n) is 8.39. The van der Waals surface area contributed by atoms with Crippen LogP contribution in [0.1, 0.15) is 30.6 Å². The van der Waals surface area contributed by atoms with Crippen molar-refractivity contribution in [2.45, 2.75) is 31.2 Å². The number of hydrogen-bond acceptors (Lipinski definition) is 5. The Labute approximate surface area is 164 Å². The molecule has 0 saturated carbocycles. The fourth-order valence-corrected chi connectivity index (χ4v) is 4.54. The SMILES string of the molecule is CCC(C)NS(=O)(=O)c1ccc(C(=O)Nc2nc3cc(F)c(F)cc3s2)cc1. The maximum Gasteiger partial charge on any atom is 0.257 e. The summed E-state index contributed by atoms with van der Waals surface area (Å²) in [5, 5.41) is 2.73. The highest BCUT2D eigenvalue weighted by Gasteiger charge is 2.18. The fourth-order valence-electron chi connectivity index (χ4n) is 2.35. The van der Waals surface area contributed by atoms with Gasteiger partial charge in [-0.15, -0.1) is 0 Å². The zero-order valence-electron chi connectivity index (χ0n) is 15.0. The molecular weight excluding hydrogens is 408 g/mol. The molecule has 28 heavy (non-hydrogen) atoms. The quantitative estimate of drug-likeness (QED) is 0.627. The molecule has 2 aromatic carbocycles. The van der Waals surface area contributed by atoms with Crippen LogP contribution in [-0.4, -0.2) is 25.4 Å². The van der Waals surface area contributed by atoms with Gasteiger partial charge < -0.3 is 0 Å². The number of carbonyl (C=O) groups is 1. The minimum atomic E-state index is -3.66. The minimum Gasteiger partial charge on any atom is -0.298 e. The summed E-state index contributed by atoms with van der Waals surface area (Å²) in [6, 6.07) is 7.20. The monoisotopic (exact) mass is 425 g/mol. The van der Waals surface area contributed by atoms with Crippen LogP contribution >= 0.6 is 11.3 Å². The third-order valence-electron chi connectivity index (χ3n) is 4.05. The lowest BCUT2D eigenvalue weighted by Crippen LogP contribution is -2.32. The Balaban J connectivity index is 1.76. The van der Waals surface area contributed by atoms with E-state index in [1.807, 2.05) is 6.92 Å². The first kappa shape index (κ1) is 20.3. The van der Waals surface area contributed by atoms with Crippen molar-refractivity contribution < 1.29 is 22.0 Å². The molecule has 0 spiro atoms. The van der Waals surface area contributed by atoms with Crippen molar-refractivity contribution in [2.75, 3.05) is 5.32 Å². The molecule has 0 radical (unpaired) electrons. The van der Waals surface area contributed by atoms with Gasteiger partial charge in [-0.05, 0) is 43.7 Å². The van der Waals surface area contributed by atoms with Gasteiger partial charge in [0, 0.05) is 17.7 Å². The lowest BCUT2D eigenvalue weighted by molar-refractivity contribution is 0.102. The second kappa shape index (κ2) is 7.90. The number of fused-ring (bicyclic) bond motifs is 1. The highest BCUT2D eigenvalue weighted by molar-refractivity contribution is 7.89.